The van der Waals surface area contributed by atoms with Crippen LogP contribution in [0.25, 0.3) is 0 Å². The number of hydrogen-bond donors (Lipinski definition) is 0. The van der Waals surface area contributed by atoms with Gasteiger partial charge in [0.1, 0.15) is 5.82 Å². The Morgan fingerprint density at radius 3 is 2.41 bits per heavy atom. The van der Waals surface area contributed by atoms with Crippen LogP contribution in [0.5, 0.6) is 0 Å². The van der Waals surface area contributed by atoms with Crippen molar-refractivity contribution in [1.82, 2.24) is 14.7 Å². The lowest BCUT2D eigenvalue weighted by Gasteiger charge is -2.57. The minimum absolute atomic E-state index is 0.0379. The molecule has 2 amide bonds. The Hall–Kier alpha value is -2.70. The van der Waals surface area contributed by atoms with Gasteiger partial charge in [-0.1, -0.05) is 49.2 Å². The SMILES string of the molecule is CC1(C)C2CC=C(CN(CCN3CCN(C(=O)c4ccccc4Cl)CC3)C(=O)c3ccc(F)cc3)C1C2. The van der Waals surface area contributed by atoms with E-state index < -0.39 is 0 Å². The number of hydrogen-bond acceptors (Lipinski definition) is 3. The summed E-state index contributed by atoms with van der Waals surface area (Å²) < 4.78 is 13.5. The Morgan fingerprint density at radius 2 is 1.76 bits per heavy atom. The third kappa shape index (κ3) is 5.32. The van der Waals surface area contributed by atoms with Crippen molar-refractivity contribution in [2.75, 3.05) is 45.8 Å². The number of fused-ring (bicyclic) bond motifs is 1. The number of benzene rings is 2. The molecule has 2 fully saturated rings. The van der Waals surface area contributed by atoms with Crippen molar-refractivity contribution in [2.24, 2.45) is 17.3 Å². The van der Waals surface area contributed by atoms with E-state index in [2.05, 4.69) is 24.8 Å². The number of allylic oxidation sites excluding steroid dienone is 1. The van der Waals surface area contributed by atoms with Gasteiger partial charge in [0.15, 0.2) is 0 Å². The van der Waals surface area contributed by atoms with E-state index in [1.807, 2.05) is 21.9 Å². The second-order valence-electron chi connectivity index (χ2n) is 11.2. The van der Waals surface area contributed by atoms with E-state index in [0.29, 0.717) is 53.7 Å². The van der Waals surface area contributed by atoms with Crippen molar-refractivity contribution in [3.8, 4) is 0 Å². The molecule has 2 aromatic carbocycles. The van der Waals surface area contributed by atoms with Crippen molar-refractivity contribution < 1.29 is 14.0 Å². The monoisotopic (exact) mass is 523 g/mol. The lowest BCUT2D eigenvalue weighted by atomic mass is 9.49. The van der Waals surface area contributed by atoms with E-state index >= 15 is 0 Å². The van der Waals surface area contributed by atoms with Crippen LogP contribution >= 0.6 is 11.6 Å². The fourth-order valence-corrected chi connectivity index (χ4v) is 6.36. The van der Waals surface area contributed by atoms with E-state index in [1.54, 1.807) is 24.3 Å². The molecule has 3 aliphatic carbocycles. The van der Waals surface area contributed by atoms with Gasteiger partial charge in [-0.05, 0) is 66.5 Å². The third-order valence-corrected chi connectivity index (χ3v) is 9.11. The van der Waals surface area contributed by atoms with Crippen molar-refractivity contribution in [3.63, 3.8) is 0 Å². The molecule has 2 unspecified atom stereocenters. The molecule has 5 nitrogen and oxygen atoms in total. The van der Waals surface area contributed by atoms with Gasteiger partial charge < -0.3 is 9.80 Å². The largest absolute Gasteiger partial charge is 0.336 e. The van der Waals surface area contributed by atoms with Gasteiger partial charge in [0.25, 0.3) is 11.8 Å². The molecule has 7 heteroatoms. The van der Waals surface area contributed by atoms with Gasteiger partial charge in [-0.15, -0.1) is 0 Å². The van der Waals surface area contributed by atoms with Gasteiger partial charge in [0, 0.05) is 51.4 Å². The molecular formula is C30H35ClFN3O2. The van der Waals surface area contributed by atoms with Crippen LogP contribution in [0.1, 0.15) is 47.4 Å². The van der Waals surface area contributed by atoms with E-state index in [9.17, 15) is 14.0 Å². The summed E-state index contributed by atoms with van der Waals surface area (Å²) in [5.41, 5.74) is 2.70. The lowest BCUT2D eigenvalue weighted by molar-refractivity contribution is -0.0105. The molecule has 1 saturated carbocycles. The maximum absolute atomic E-state index is 13.5. The first-order chi connectivity index (χ1) is 17.7. The molecule has 1 heterocycles. The van der Waals surface area contributed by atoms with E-state index in [0.717, 1.165) is 32.0 Å². The van der Waals surface area contributed by atoms with Crippen molar-refractivity contribution >= 4 is 23.4 Å². The molecular weight excluding hydrogens is 489 g/mol. The molecule has 1 saturated heterocycles. The highest BCUT2D eigenvalue weighted by molar-refractivity contribution is 6.33. The fraction of sp³-hybridized carbons (Fsp3) is 0.467. The quantitative estimate of drug-likeness (QED) is 0.458. The van der Waals surface area contributed by atoms with E-state index in [1.165, 1.54) is 24.1 Å². The van der Waals surface area contributed by atoms with Crippen LogP contribution < -0.4 is 0 Å². The summed E-state index contributed by atoms with van der Waals surface area (Å²) in [6.45, 7) is 9.35. The second-order valence-corrected chi connectivity index (χ2v) is 11.6. The van der Waals surface area contributed by atoms with E-state index in [4.69, 9.17) is 11.6 Å². The van der Waals surface area contributed by atoms with Gasteiger partial charge >= 0.3 is 0 Å². The predicted octanol–water partition coefficient (Wildman–Crippen LogP) is 5.37. The number of nitrogens with zero attached hydrogens (tertiary/aromatic N) is 3. The molecule has 0 spiro atoms. The van der Waals surface area contributed by atoms with Crippen molar-refractivity contribution in [1.29, 1.82) is 0 Å². The summed E-state index contributed by atoms with van der Waals surface area (Å²) in [6, 6.07) is 13.0. The van der Waals surface area contributed by atoms with Crippen molar-refractivity contribution in [2.45, 2.75) is 26.7 Å². The van der Waals surface area contributed by atoms with E-state index in [-0.39, 0.29) is 17.6 Å². The smallest absolute Gasteiger partial charge is 0.255 e. The molecule has 0 aromatic heterocycles. The molecule has 6 rings (SSSR count). The normalized spacial score (nSPS) is 22.7. The standard InChI is InChI=1S/C30H35ClFN3O2/c1-30(2)23-10-7-22(26(30)19-23)20-35(28(36)21-8-11-24(32)12-9-21)18-15-33-13-16-34(17-14-33)29(37)25-5-3-4-6-27(25)31/h3-9,11-12,23,26H,10,13-20H2,1-2H3. The molecule has 196 valence electrons. The summed E-state index contributed by atoms with van der Waals surface area (Å²) in [5.74, 6) is 0.822. The van der Waals surface area contributed by atoms with Crippen LogP contribution in [0.15, 0.2) is 60.2 Å². The number of amides is 2. The number of rotatable bonds is 7. The van der Waals surface area contributed by atoms with Crippen LogP contribution in [0.3, 0.4) is 0 Å². The van der Waals surface area contributed by atoms with Crippen LogP contribution in [-0.4, -0.2) is 72.3 Å². The Labute approximate surface area is 223 Å². The Bertz CT molecular complexity index is 1190. The molecule has 2 atom stereocenters. The first-order valence-corrected chi connectivity index (χ1v) is 13.6. The maximum atomic E-state index is 13.5. The molecule has 37 heavy (non-hydrogen) atoms. The highest BCUT2D eigenvalue weighted by Gasteiger charge is 2.51. The summed E-state index contributed by atoms with van der Waals surface area (Å²) in [7, 11) is 0. The molecule has 4 aliphatic rings. The molecule has 0 N–H and O–H groups in total. The van der Waals surface area contributed by atoms with Crippen LogP contribution in [0, 0.1) is 23.1 Å². The van der Waals surface area contributed by atoms with Crippen LogP contribution in [0.4, 0.5) is 4.39 Å². The van der Waals surface area contributed by atoms with Gasteiger partial charge in [-0.2, -0.15) is 0 Å². The first-order valence-electron chi connectivity index (χ1n) is 13.2. The van der Waals surface area contributed by atoms with Crippen molar-refractivity contribution in [3.05, 3.63) is 82.1 Å². The first kappa shape index (κ1) is 25.9. The average molecular weight is 524 g/mol. The zero-order valence-electron chi connectivity index (χ0n) is 21.6. The molecule has 2 aromatic rings. The summed E-state index contributed by atoms with van der Waals surface area (Å²) in [6.07, 6.45) is 4.63. The Kier molecular flexibility index (Phi) is 7.42. The molecule has 0 radical (unpaired) electrons. The average Bonchev–Trinajstić information content (AvgIpc) is 2.91. The molecule has 1 aliphatic heterocycles. The van der Waals surface area contributed by atoms with Crippen LogP contribution in [-0.2, 0) is 0 Å². The fourth-order valence-electron chi connectivity index (χ4n) is 6.15. The number of piperazine rings is 1. The Morgan fingerprint density at radius 1 is 1.05 bits per heavy atom. The zero-order valence-corrected chi connectivity index (χ0v) is 22.4. The van der Waals surface area contributed by atoms with Gasteiger partial charge in [-0.3, -0.25) is 14.5 Å². The van der Waals surface area contributed by atoms with Gasteiger partial charge in [-0.25, -0.2) is 4.39 Å². The number of halogens is 2. The topological polar surface area (TPSA) is 43.9 Å². The summed E-state index contributed by atoms with van der Waals surface area (Å²) >= 11 is 6.23. The Balaban J connectivity index is 1.22. The maximum Gasteiger partial charge on any atom is 0.255 e. The molecule has 2 bridgehead atoms. The number of carbonyl (C=O) groups excluding carboxylic acids is 2. The summed E-state index contributed by atoms with van der Waals surface area (Å²) in [4.78, 5) is 32.5. The zero-order chi connectivity index (χ0) is 26.2. The predicted molar refractivity (Wildman–Crippen MR) is 144 cm³/mol. The van der Waals surface area contributed by atoms with Gasteiger partial charge in [0.2, 0.25) is 0 Å². The number of carbonyl (C=O) groups is 2. The second kappa shape index (κ2) is 10.6. The van der Waals surface area contributed by atoms with Crippen LogP contribution in [0.2, 0.25) is 5.02 Å². The third-order valence-electron chi connectivity index (χ3n) is 8.78. The summed E-state index contributed by atoms with van der Waals surface area (Å²) in [5, 5.41) is 0.475. The highest BCUT2D eigenvalue weighted by atomic mass is 35.5. The van der Waals surface area contributed by atoms with Gasteiger partial charge in [0.05, 0.1) is 10.6 Å². The minimum Gasteiger partial charge on any atom is -0.336 e. The highest BCUT2D eigenvalue weighted by Crippen LogP contribution is 2.59. The lowest BCUT2D eigenvalue weighted by Crippen LogP contribution is -2.52. The minimum atomic E-state index is -0.343.